The van der Waals surface area contributed by atoms with Crippen LogP contribution in [-0.2, 0) is 11.3 Å². The van der Waals surface area contributed by atoms with Crippen molar-refractivity contribution < 1.29 is 9.53 Å². The van der Waals surface area contributed by atoms with Crippen LogP contribution in [0.1, 0.15) is 5.56 Å². The molecule has 0 aliphatic heterocycles. The van der Waals surface area contributed by atoms with Crippen molar-refractivity contribution in [3.8, 4) is 17.1 Å². The van der Waals surface area contributed by atoms with E-state index in [-0.39, 0.29) is 12.5 Å². The van der Waals surface area contributed by atoms with Crippen LogP contribution in [-0.4, -0.2) is 22.5 Å². The van der Waals surface area contributed by atoms with E-state index in [9.17, 15) is 4.79 Å². The van der Waals surface area contributed by atoms with Crippen LogP contribution < -0.4 is 10.1 Å². The van der Waals surface area contributed by atoms with E-state index < -0.39 is 0 Å². The Balaban J connectivity index is 1.48. The molecule has 0 aliphatic rings. The van der Waals surface area contributed by atoms with Crippen molar-refractivity contribution in [3.05, 3.63) is 82.8 Å². The third kappa shape index (κ3) is 4.23. The summed E-state index contributed by atoms with van der Waals surface area (Å²) in [6.07, 6.45) is 0. The van der Waals surface area contributed by atoms with E-state index in [4.69, 9.17) is 4.74 Å². The van der Waals surface area contributed by atoms with E-state index in [0.717, 1.165) is 26.6 Å². The van der Waals surface area contributed by atoms with Crippen LogP contribution in [0.5, 0.6) is 5.75 Å². The van der Waals surface area contributed by atoms with E-state index in [1.54, 1.807) is 0 Å². The third-order valence-electron chi connectivity index (χ3n) is 4.28. The summed E-state index contributed by atoms with van der Waals surface area (Å²) < 4.78 is 6.71. The number of carbonyl (C=O) groups is 1. The van der Waals surface area contributed by atoms with Gasteiger partial charge in [-0.1, -0.05) is 58.4 Å². The standard InChI is InChI=1S/C22H18BrN3O2/c23-16-10-11-20(28-14-21(27)24-13-15-6-2-1-3-7-15)17(12-16)22-25-18-8-4-5-9-19(18)26-22/h1-12H,13-14H2,(H,24,27)(H,25,26). The van der Waals surface area contributed by atoms with E-state index in [0.29, 0.717) is 18.1 Å². The monoisotopic (exact) mass is 435 g/mol. The maximum absolute atomic E-state index is 12.2. The second-order valence-corrected chi connectivity index (χ2v) is 7.21. The number of benzene rings is 3. The first-order chi connectivity index (χ1) is 13.7. The van der Waals surface area contributed by atoms with Gasteiger partial charge in [0.25, 0.3) is 5.91 Å². The highest BCUT2D eigenvalue weighted by Gasteiger charge is 2.13. The van der Waals surface area contributed by atoms with Gasteiger partial charge in [0.1, 0.15) is 11.6 Å². The molecule has 0 spiro atoms. The number of hydrogen-bond acceptors (Lipinski definition) is 3. The van der Waals surface area contributed by atoms with Crippen LogP contribution >= 0.6 is 15.9 Å². The van der Waals surface area contributed by atoms with Gasteiger partial charge in [0.2, 0.25) is 0 Å². The highest BCUT2D eigenvalue weighted by molar-refractivity contribution is 9.10. The molecule has 5 nitrogen and oxygen atoms in total. The van der Waals surface area contributed by atoms with Gasteiger partial charge in [0.15, 0.2) is 6.61 Å². The second kappa shape index (κ2) is 8.27. The van der Waals surface area contributed by atoms with Gasteiger partial charge in [0, 0.05) is 11.0 Å². The van der Waals surface area contributed by atoms with Crippen molar-refractivity contribution in [2.24, 2.45) is 0 Å². The average molecular weight is 436 g/mol. The Bertz CT molecular complexity index is 1080. The lowest BCUT2D eigenvalue weighted by atomic mass is 10.2. The first kappa shape index (κ1) is 18.3. The molecule has 0 radical (unpaired) electrons. The van der Waals surface area contributed by atoms with E-state index in [1.165, 1.54) is 0 Å². The Morgan fingerprint density at radius 2 is 1.82 bits per heavy atom. The number of nitrogens with one attached hydrogen (secondary N) is 2. The smallest absolute Gasteiger partial charge is 0.258 e. The zero-order chi connectivity index (χ0) is 19.3. The summed E-state index contributed by atoms with van der Waals surface area (Å²) in [6.45, 7) is 0.404. The Labute approximate surface area is 170 Å². The first-order valence-electron chi connectivity index (χ1n) is 8.87. The minimum atomic E-state index is -0.178. The number of rotatable bonds is 6. The summed E-state index contributed by atoms with van der Waals surface area (Å²) in [4.78, 5) is 20.1. The Hall–Kier alpha value is -3.12. The number of carbonyl (C=O) groups excluding carboxylic acids is 1. The topological polar surface area (TPSA) is 67.0 Å². The van der Waals surface area contributed by atoms with Crippen molar-refractivity contribution >= 4 is 32.9 Å². The van der Waals surface area contributed by atoms with E-state index in [1.807, 2.05) is 72.8 Å². The zero-order valence-electron chi connectivity index (χ0n) is 15.0. The SMILES string of the molecule is O=C(COc1ccc(Br)cc1-c1nc2ccccc2[nH]1)NCc1ccccc1. The summed E-state index contributed by atoms with van der Waals surface area (Å²) in [5, 5.41) is 2.86. The highest BCUT2D eigenvalue weighted by Crippen LogP contribution is 2.32. The summed E-state index contributed by atoms with van der Waals surface area (Å²) in [5.41, 5.74) is 3.66. The molecule has 0 unspecified atom stereocenters. The highest BCUT2D eigenvalue weighted by atomic mass is 79.9. The molecule has 3 aromatic carbocycles. The van der Waals surface area contributed by atoms with Gasteiger partial charge in [-0.25, -0.2) is 4.98 Å². The first-order valence-corrected chi connectivity index (χ1v) is 9.66. The molecular formula is C22H18BrN3O2. The number of H-pyrrole nitrogens is 1. The number of nitrogens with zero attached hydrogens (tertiary/aromatic N) is 1. The molecule has 0 aliphatic carbocycles. The van der Waals surface area contributed by atoms with Gasteiger partial charge in [-0.2, -0.15) is 0 Å². The van der Waals surface area contributed by atoms with Gasteiger partial charge in [0.05, 0.1) is 16.6 Å². The van der Waals surface area contributed by atoms with Crippen molar-refractivity contribution in [1.29, 1.82) is 0 Å². The van der Waals surface area contributed by atoms with Crippen molar-refractivity contribution in [2.45, 2.75) is 6.54 Å². The molecule has 4 rings (SSSR count). The van der Waals surface area contributed by atoms with Crippen LogP contribution in [0.2, 0.25) is 0 Å². The van der Waals surface area contributed by atoms with Gasteiger partial charge in [-0.05, 0) is 35.9 Å². The lowest BCUT2D eigenvalue weighted by Crippen LogP contribution is -2.28. The van der Waals surface area contributed by atoms with E-state index in [2.05, 4.69) is 31.2 Å². The van der Waals surface area contributed by atoms with Crippen LogP contribution in [0.4, 0.5) is 0 Å². The van der Waals surface area contributed by atoms with Gasteiger partial charge in [-0.15, -0.1) is 0 Å². The van der Waals surface area contributed by atoms with Crippen LogP contribution in [0.15, 0.2) is 77.3 Å². The molecule has 1 heterocycles. The Morgan fingerprint density at radius 1 is 1.04 bits per heavy atom. The lowest BCUT2D eigenvalue weighted by molar-refractivity contribution is -0.123. The number of imidazole rings is 1. The molecule has 0 saturated heterocycles. The predicted octanol–water partition coefficient (Wildman–Crippen LogP) is 4.69. The maximum Gasteiger partial charge on any atom is 0.258 e. The molecule has 0 saturated carbocycles. The minimum Gasteiger partial charge on any atom is -0.483 e. The maximum atomic E-state index is 12.2. The number of hydrogen-bond donors (Lipinski definition) is 2. The fourth-order valence-corrected chi connectivity index (χ4v) is 3.25. The van der Waals surface area contributed by atoms with Gasteiger partial charge < -0.3 is 15.0 Å². The number of aromatic nitrogens is 2. The number of amides is 1. The second-order valence-electron chi connectivity index (χ2n) is 6.29. The molecule has 2 N–H and O–H groups in total. The predicted molar refractivity (Wildman–Crippen MR) is 113 cm³/mol. The third-order valence-corrected chi connectivity index (χ3v) is 4.77. The lowest BCUT2D eigenvalue weighted by Gasteiger charge is -2.11. The molecule has 28 heavy (non-hydrogen) atoms. The molecule has 6 heteroatoms. The molecule has 0 atom stereocenters. The molecule has 4 aromatic rings. The number of para-hydroxylation sites is 2. The molecule has 1 amide bonds. The molecular weight excluding hydrogens is 418 g/mol. The summed E-state index contributed by atoms with van der Waals surface area (Å²) in [5.74, 6) is 1.11. The average Bonchev–Trinajstić information content (AvgIpc) is 3.16. The van der Waals surface area contributed by atoms with Crippen molar-refractivity contribution in [2.75, 3.05) is 6.61 Å². The van der Waals surface area contributed by atoms with Gasteiger partial charge in [-0.3, -0.25) is 4.79 Å². The summed E-state index contributed by atoms with van der Waals surface area (Å²) in [6, 6.07) is 23.2. The molecule has 1 aromatic heterocycles. The Morgan fingerprint density at radius 3 is 2.64 bits per heavy atom. The van der Waals surface area contributed by atoms with Gasteiger partial charge >= 0.3 is 0 Å². The fourth-order valence-electron chi connectivity index (χ4n) is 2.88. The number of fused-ring (bicyclic) bond motifs is 1. The number of aromatic amines is 1. The Kier molecular flexibility index (Phi) is 5.39. The minimum absolute atomic E-state index is 0.0678. The quantitative estimate of drug-likeness (QED) is 0.461. The summed E-state index contributed by atoms with van der Waals surface area (Å²) >= 11 is 3.49. The van der Waals surface area contributed by atoms with E-state index >= 15 is 0 Å². The summed E-state index contributed by atoms with van der Waals surface area (Å²) in [7, 11) is 0. The zero-order valence-corrected chi connectivity index (χ0v) is 16.6. The van der Waals surface area contributed by atoms with Crippen LogP contribution in [0.25, 0.3) is 22.4 Å². The number of halogens is 1. The fraction of sp³-hybridized carbons (Fsp3) is 0.0909. The van der Waals surface area contributed by atoms with Crippen molar-refractivity contribution in [3.63, 3.8) is 0 Å². The molecule has 140 valence electrons. The largest absolute Gasteiger partial charge is 0.483 e. The normalized spacial score (nSPS) is 10.8. The molecule has 0 fully saturated rings. The molecule has 0 bridgehead atoms. The number of ether oxygens (including phenoxy) is 1. The van der Waals surface area contributed by atoms with Crippen LogP contribution in [0, 0.1) is 0 Å². The van der Waals surface area contributed by atoms with Crippen LogP contribution in [0.3, 0.4) is 0 Å². The van der Waals surface area contributed by atoms with Crippen molar-refractivity contribution in [1.82, 2.24) is 15.3 Å².